The van der Waals surface area contributed by atoms with E-state index < -0.39 is 8.07 Å². The Morgan fingerprint density at radius 2 is 1.95 bits per heavy atom. The first-order valence-electron chi connectivity index (χ1n) is 6.77. The van der Waals surface area contributed by atoms with Crippen molar-refractivity contribution in [2.45, 2.75) is 31.5 Å². The minimum atomic E-state index is -1.83. The predicted molar refractivity (Wildman–Crippen MR) is 81.2 cm³/mol. The fourth-order valence-corrected chi connectivity index (χ4v) is 6.43. The molecule has 0 amide bonds. The molecule has 2 nitrogen and oxygen atoms in total. The summed E-state index contributed by atoms with van der Waals surface area (Å²) in [6, 6.07) is 10.3. The Hall–Kier alpha value is -1.19. The third-order valence-electron chi connectivity index (χ3n) is 4.00. The van der Waals surface area contributed by atoms with Gasteiger partial charge >= 0.3 is 0 Å². The highest BCUT2D eigenvalue weighted by Gasteiger charge is 2.37. The first kappa shape index (κ1) is 15.9. The van der Waals surface area contributed by atoms with Crippen molar-refractivity contribution in [3.8, 4) is 0 Å². The fraction of sp³-hybridized carbons (Fsp3) is 0.438. The van der Waals surface area contributed by atoms with Crippen LogP contribution in [0, 0.1) is 5.92 Å². The van der Waals surface area contributed by atoms with Crippen LogP contribution >= 0.6 is 0 Å². The van der Waals surface area contributed by atoms with Crippen LogP contribution in [0.4, 0.5) is 0 Å². The van der Waals surface area contributed by atoms with Crippen molar-refractivity contribution in [1.82, 2.24) is 0 Å². The maximum absolute atomic E-state index is 11.4. The number of hydrogen-bond donors (Lipinski definition) is 0. The molecule has 0 heterocycles. The molecule has 0 aromatic heterocycles. The molecule has 1 aromatic rings. The topological polar surface area (TPSA) is 40.1 Å². The van der Waals surface area contributed by atoms with Gasteiger partial charge in [-0.15, -0.1) is 13.2 Å². The third-order valence-corrected chi connectivity index (χ3v) is 8.40. The Kier molecular flexibility index (Phi) is 6.19. The lowest BCUT2D eigenvalue weighted by Crippen LogP contribution is -2.49. The van der Waals surface area contributed by atoms with Gasteiger partial charge in [-0.05, 0) is 12.0 Å². The van der Waals surface area contributed by atoms with Crippen molar-refractivity contribution < 1.29 is 9.90 Å². The van der Waals surface area contributed by atoms with E-state index in [1.54, 1.807) is 6.08 Å². The summed E-state index contributed by atoms with van der Waals surface area (Å²) in [6.07, 6.45) is 4.04. The van der Waals surface area contributed by atoms with Gasteiger partial charge in [0.25, 0.3) is 0 Å². The average molecular weight is 275 g/mol. The summed E-state index contributed by atoms with van der Waals surface area (Å²) < 4.78 is 0. The maximum Gasteiger partial charge on any atom is 0.123 e. The highest BCUT2D eigenvalue weighted by molar-refractivity contribution is 6.91. The summed E-state index contributed by atoms with van der Waals surface area (Å²) in [5.41, 5.74) is 0.183. The molecule has 19 heavy (non-hydrogen) atoms. The smallest absolute Gasteiger partial charge is 0.123 e. The zero-order valence-corrected chi connectivity index (χ0v) is 12.8. The number of carbonyl (C=O) groups is 1. The Bertz CT molecular complexity index is 400. The van der Waals surface area contributed by atoms with Crippen molar-refractivity contribution in [1.29, 1.82) is 0 Å². The van der Waals surface area contributed by atoms with E-state index in [2.05, 4.69) is 31.8 Å². The number of allylic oxidation sites excluding steroid dienone is 1. The van der Waals surface area contributed by atoms with Gasteiger partial charge in [0.2, 0.25) is 0 Å². The SMILES string of the molecule is C=CC[C@H](C=O)[C@@H](CC[O-])[Si](C)(C)c1ccccc1. The molecule has 0 saturated carbocycles. The second-order valence-corrected chi connectivity index (χ2v) is 10.3. The van der Waals surface area contributed by atoms with Crippen molar-refractivity contribution in [3.63, 3.8) is 0 Å². The van der Waals surface area contributed by atoms with Gasteiger partial charge in [0, 0.05) is 5.92 Å². The Balaban J connectivity index is 3.08. The van der Waals surface area contributed by atoms with Crippen LogP contribution in [0.15, 0.2) is 43.0 Å². The van der Waals surface area contributed by atoms with Gasteiger partial charge in [-0.25, -0.2) is 0 Å². The molecule has 0 N–H and O–H groups in total. The van der Waals surface area contributed by atoms with Gasteiger partial charge in [0.15, 0.2) is 0 Å². The molecule has 0 aliphatic carbocycles. The van der Waals surface area contributed by atoms with E-state index in [0.717, 1.165) is 6.29 Å². The second-order valence-electron chi connectivity index (χ2n) is 5.51. The predicted octanol–water partition coefficient (Wildman–Crippen LogP) is 2.11. The minimum Gasteiger partial charge on any atom is -0.854 e. The van der Waals surface area contributed by atoms with E-state index in [-0.39, 0.29) is 18.1 Å². The van der Waals surface area contributed by atoms with Crippen LogP contribution in [0.25, 0.3) is 0 Å². The molecule has 2 atom stereocenters. The Morgan fingerprint density at radius 1 is 1.32 bits per heavy atom. The van der Waals surface area contributed by atoms with Crippen molar-refractivity contribution in [2.24, 2.45) is 5.92 Å². The largest absolute Gasteiger partial charge is 0.854 e. The minimum absolute atomic E-state index is 0.0756. The third kappa shape index (κ3) is 3.88. The van der Waals surface area contributed by atoms with Gasteiger partial charge in [-0.3, -0.25) is 0 Å². The summed E-state index contributed by atoms with van der Waals surface area (Å²) in [7, 11) is -1.83. The Labute approximate surface area is 117 Å². The van der Waals surface area contributed by atoms with Crippen LogP contribution < -0.4 is 10.3 Å². The standard InChI is InChI=1S/C16H23O2Si/c1-4-8-14(13-18)16(11-12-17)19(2,3)15-9-6-5-7-10-15/h4-7,9-10,13-14,16H,1,8,11-12H2,2-3H3/q-1/t14-,16-/m1/s1. The summed E-state index contributed by atoms with van der Waals surface area (Å²) in [5, 5.41) is 12.4. The molecule has 1 rings (SSSR count). The molecular weight excluding hydrogens is 252 g/mol. The fourth-order valence-electron chi connectivity index (χ4n) is 2.83. The maximum atomic E-state index is 11.4. The second kappa shape index (κ2) is 7.41. The van der Waals surface area contributed by atoms with Crippen molar-refractivity contribution >= 4 is 19.5 Å². The van der Waals surface area contributed by atoms with E-state index in [4.69, 9.17) is 0 Å². The van der Waals surface area contributed by atoms with E-state index in [1.807, 2.05) is 18.2 Å². The molecule has 0 saturated heterocycles. The molecule has 1 aromatic carbocycles. The highest BCUT2D eigenvalue weighted by atomic mass is 28.3. The van der Waals surface area contributed by atoms with Gasteiger partial charge in [-0.2, -0.15) is 0 Å². The van der Waals surface area contributed by atoms with Crippen molar-refractivity contribution in [3.05, 3.63) is 43.0 Å². The van der Waals surface area contributed by atoms with E-state index >= 15 is 0 Å². The van der Waals surface area contributed by atoms with Gasteiger partial charge < -0.3 is 9.90 Å². The van der Waals surface area contributed by atoms with Crippen LogP contribution in [0.3, 0.4) is 0 Å². The number of rotatable bonds is 8. The van der Waals surface area contributed by atoms with Crippen LogP contribution in [0.2, 0.25) is 18.6 Å². The average Bonchev–Trinajstić information content (AvgIpc) is 2.43. The summed E-state index contributed by atoms with van der Waals surface area (Å²) in [4.78, 5) is 11.4. The van der Waals surface area contributed by atoms with Crippen LogP contribution in [-0.2, 0) is 4.79 Å². The summed E-state index contributed by atoms with van der Waals surface area (Å²) in [5.74, 6) is -0.0756. The lowest BCUT2D eigenvalue weighted by atomic mass is 10.0. The lowest BCUT2D eigenvalue weighted by Gasteiger charge is -2.37. The molecule has 0 bridgehead atoms. The summed E-state index contributed by atoms with van der Waals surface area (Å²) >= 11 is 0. The van der Waals surface area contributed by atoms with Crippen LogP contribution in [0.5, 0.6) is 0 Å². The first-order valence-corrected chi connectivity index (χ1v) is 9.85. The molecule has 0 fully saturated rings. The zero-order valence-electron chi connectivity index (χ0n) is 11.8. The molecule has 3 heteroatoms. The van der Waals surface area contributed by atoms with Crippen LogP contribution in [0.1, 0.15) is 12.8 Å². The normalized spacial score (nSPS) is 14.7. The number of aldehydes is 1. The van der Waals surface area contributed by atoms with Crippen molar-refractivity contribution in [2.75, 3.05) is 6.61 Å². The molecule has 0 aliphatic heterocycles. The quantitative estimate of drug-likeness (QED) is 0.414. The summed E-state index contributed by atoms with van der Waals surface area (Å²) in [6.45, 7) is 8.11. The molecule has 104 valence electrons. The molecule has 0 spiro atoms. The van der Waals surface area contributed by atoms with E-state index in [0.29, 0.717) is 12.8 Å². The van der Waals surface area contributed by atoms with E-state index in [9.17, 15) is 9.90 Å². The zero-order chi connectivity index (χ0) is 14.3. The van der Waals surface area contributed by atoms with Crippen LogP contribution in [-0.4, -0.2) is 21.0 Å². The molecule has 0 radical (unpaired) electrons. The lowest BCUT2D eigenvalue weighted by molar-refractivity contribution is -0.368. The first-order chi connectivity index (χ1) is 9.07. The highest BCUT2D eigenvalue weighted by Crippen LogP contribution is 2.34. The van der Waals surface area contributed by atoms with Gasteiger partial charge in [0.1, 0.15) is 6.29 Å². The molecule has 0 aliphatic rings. The number of benzene rings is 1. The Morgan fingerprint density at radius 3 is 2.42 bits per heavy atom. The monoisotopic (exact) mass is 275 g/mol. The molecule has 0 unspecified atom stereocenters. The van der Waals surface area contributed by atoms with E-state index in [1.165, 1.54) is 5.19 Å². The number of carbonyl (C=O) groups excluding carboxylic acids is 1. The number of hydrogen-bond acceptors (Lipinski definition) is 2. The van der Waals surface area contributed by atoms with Gasteiger partial charge in [0.05, 0.1) is 8.07 Å². The van der Waals surface area contributed by atoms with Gasteiger partial charge in [-0.1, -0.05) is 61.1 Å². The molecular formula is C16H23O2Si-.